The molecule has 30 heavy (non-hydrogen) atoms. The molecule has 2 aliphatic rings. The van der Waals surface area contributed by atoms with Gasteiger partial charge >= 0.3 is 12.4 Å². The van der Waals surface area contributed by atoms with E-state index in [0.29, 0.717) is 36.8 Å². The maximum atomic E-state index is 13.8. The molecule has 7 heteroatoms. The van der Waals surface area contributed by atoms with Crippen molar-refractivity contribution in [2.75, 3.05) is 0 Å². The van der Waals surface area contributed by atoms with Gasteiger partial charge in [0.25, 0.3) is 0 Å². The highest BCUT2D eigenvalue weighted by Crippen LogP contribution is 2.55. The normalized spacial score (nSPS) is 20.2. The van der Waals surface area contributed by atoms with Crippen LogP contribution in [0.4, 0.5) is 26.3 Å². The Kier molecular flexibility index (Phi) is 4.79. The van der Waals surface area contributed by atoms with Crippen molar-refractivity contribution >= 4 is 5.78 Å². The molecule has 160 valence electrons. The first kappa shape index (κ1) is 20.9. The van der Waals surface area contributed by atoms with Gasteiger partial charge in [-0.15, -0.1) is 0 Å². The number of hydrogen-bond donors (Lipinski definition) is 0. The summed E-state index contributed by atoms with van der Waals surface area (Å²) in [6.45, 7) is 0. The molecule has 1 nitrogen and oxygen atoms in total. The van der Waals surface area contributed by atoms with Gasteiger partial charge in [0.2, 0.25) is 0 Å². The van der Waals surface area contributed by atoms with Crippen molar-refractivity contribution in [2.45, 2.75) is 61.7 Å². The van der Waals surface area contributed by atoms with Crippen LogP contribution in [0.25, 0.3) is 0 Å². The molecule has 4 rings (SSSR count). The van der Waals surface area contributed by atoms with Gasteiger partial charge in [-0.1, -0.05) is 37.1 Å². The van der Waals surface area contributed by atoms with E-state index >= 15 is 0 Å². The summed E-state index contributed by atoms with van der Waals surface area (Å²) >= 11 is 0. The van der Waals surface area contributed by atoms with Crippen molar-refractivity contribution in [1.82, 2.24) is 0 Å². The number of Topliss-reactive ketones (excluding diaryl/α,β-unsaturated/α-hetero) is 1. The van der Waals surface area contributed by atoms with Crippen LogP contribution in [0.1, 0.15) is 60.8 Å². The molecule has 2 aromatic rings. The average molecular weight is 426 g/mol. The minimum Gasteiger partial charge on any atom is -0.298 e. The van der Waals surface area contributed by atoms with Crippen LogP contribution in [-0.2, 0) is 28.0 Å². The van der Waals surface area contributed by atoms with Gasteiger partial charge in [0.05, 0.1) is 22.0 Å². The molecular weight excluding hydrogens is 406 g/mol. The van der Waals surface area contributed by atoms with Gasteiger partial charge in [0, 0.05) is 0 Å². The largest absolute Gasteiger partial charge is 0.416 e. The molecule has 0 heterocycles. The van der Waals surface area contributed by atoms with Crippen molar-refractivity contribution in [3.63, 3.8) is 0 Å². The van der Waals surface area contributed by atoms with E-state index in [1.165, 1.54) is 24.3 Å². The fourth-order valence-corrected chi connectivity index (χ4v) is 4.77. The van der Waals surface area contributed by atoms with E-state index in [2.05, 4.69) is 0 Å². The minimum absolute atomic E-state index is 0.0768. The van der Waals surface area contributed by atoms with Gasteiger partial charge in [-0.25, -0.2) is 0 Å². The van der Waals surface area contributed by atoms with E-state index in [0.717, 1.165) is 37.1 Å². The number of rotatable bonds is 4. The highest BCUT2D eigenvalue weighted by Gasteiger charge is 2.57. The van der Waals surface area contributed by atoms with Crippen molar-refractivity contribution in [2.24, 2.45) is 0 Å². The fourth-order valence-electron chi connectivity index (χ4n) is 4.77. The van der Waals surface area contributed by atoms with Gasteiger partial charge in [-0.3, -0.25) is 4.79 Å². The summed E-state index contributed by atoms with van der Waals surface area (Å²) < 4.78 is 77.5. The lowest BCUT2D eigenvalue weighted by atomic mass is 9.50. The van der Waals surface area contributed by atoms with Crippen LogP contribution in [0.3, 0.4) is 0 Å². The smallest absolute Gasteiger partial charge is 0.298 e. The number of ketones is 1. The lowest BCUT2D eigenvalue weighted by Gasteiger charge is -2.51. The minimum atomic E-state index is -4.45. The Balaban J connectivity index is 1.68. The second-order valence-corrected chi connectivity index (χ2v) is 8.35. The lowest BCUT2D eigenvalue weighted by molar-refractivity contribution is -0.138. The zero-order valence-electron chi connectivity index (χ0n) is 16.0. The summed E-state index contributed by atoms with van der Waals surface area (Å²) in [7, 11) is 0. The third-order valence-electron chi connectivity index (χ3n) is 6.81. The molecule has 0 atom stereocenters. The maximum absolute atomic E-state index is 13.8. The summed E-state index contributed by atoms with van der Waals surface area (Å²) in [4.78, 5) is 13.8. The Labute approximate surface area is 170 Å². The van der Waals surface area contributed by atoms with Crippen LogP contribution in [-0.4, -0.2) is 5.78 Å². The van der Waals surface area contributed by atoms with E-state index in [1.807, 2.05) is 0 Å². The molecule has 0 N–H and O–H groups in total. The first-order valence-electron chi connectivity index (χ1n) is 9.89. The topological polar surface area (TPSA) is 17.1 Å². The summed E-state index contributed by atoms with van der Waals surface area (Å²) in [6, 6.07) is 9.47. The Bertz CT molecular complexity index is 852. The van der Waals surface area contributed by atoms with Crippen LogP contribution < -0.4 is 0 Å². The zero-order valence-corrected chi connectivity index (χ0v) is 16.0. The maximum Gasteiger partial charge on any atom is 0.416 e. The third-order valence-corrected chi connectivity index (χ3v) is 6.81. The molecule has 0 spiro atoms. The SMILES string of the molecule is O=C(C1(c2ccc(C(F)(F)F)cc2)CCC1)C1(c2ccc(C(F)(F)F)cc2)CCC1. The van der Waals surface area contributed by atoms with Gasteiger partial charge in [-0.2, -0.15) is 26.3 Å². The predicted octanol–water partition coefficient (Wildman–Crippen LogP) is 6.84. The quantitative estimate of drug-likeness (QED) is 0.490. The fraction of sp³-hybridized carbons (Fsp3) is 0.435. The van der Waals surface area contributed by atoms with Crippen LogP contribution in [0.2, 0.25) is 0 Å². The van der Waals surface area contributed by atoms with Crippen LogP contribution >= 0.6 is 0 Å². The number of alkyl halides is 6. The van der Waals surface area contributed by atoms with Gasteiger partial charge in [0.15, 0.2) is 5.78 Å². The second kappa shape index (κ2) is 6.86. The zero-order chi connectivity index (χ0) is 21.8. The van der Waals surface area contributed by atoms with Gasteiger partial charge < -0.3 is 0 Å². The molecule has 0 amide bonds. The highest BCUT2D eigenvalue weighted by molar-refractivity contribution is 6.00. The number of carbonyl (C=O) groups is 1. The molecule has 2 fully saturated rings. The van der Waals surface area contributed by atoms with Crippen LogP contribution in [0.15, 0.2) is 48.5 Å². The number of benzene rings is 2. The average Bonchev–Trinajstić information content (AvgIpc) is 2.59. The van der Waals surface area contributed by atoms with Crippen molar-refractivity contribution < 1.29 is 31.1 Å². The van der Waals surface area contributed by atoms with Gasteiger partial charge in [0.1, 0.15) is 0 Å². The molecule has 2 aromatic carbocycles. The molecule has 0 aliphatic heterocycles. The van der Waals surface area contributed by atoms with Gasteiger partial charge in [-0.05, 0) is 61.1 Å². The standard InChI is InChI=1S/C23H20F6O/c24-22(25,26)17-7-3-15(4-8-17)20(11-1-12-20)19(30)21(13-2-14-21)16-5-9-18(10-6-16)23(27,28)29/h3-10H,1-2,11-14H2. The summed E-state index contributed by atoms with van der Waals surface area (Å²) in [6.07, 6.45) is -5.17. The van der Waals surface area contributed by atoms with Crippen molar-refractivity contribution in [3.05, 3.63) is 70.8 Å². The molecular formula is C23H20F6O. The highest BCUT2D eigenvalue weighted by atomic mass is 19.4. The van der Waals surface area contributed by atoms with E-state index in [9.17, 15) is 31.1 Å². The lowest BCUT2D eigenvalue weighted by Crippen LogP contribution is -2.55. The Morgan fingerprint density at radius 2 is 0.900 bits per heavy atom. The summed E-state index contributed by atoms with van der Waals surface area (Å²) in [5.74, 6) is -0.0768. The Morgan fingerprint density at radius 1 is 0.600 bits per heavy atom. The van der Waals surface area contributed by atoms with E-state index < -0.39 is 34.3 Å². The number of hydrogen-bond acceptors (Lipinski definition) is 1. The first-order chi connectivity index (χ1) is 14.0. The number of halogens is 6. The molecule has 0 unspecified atom stereocenters. The molecule has 0 saturated heterocycles. The summed E-state index contributed by atoms with van der Waals surface area (Å²) in [5.41, 5.74) is -2.15. The van der Waals surface area contributed by atoms with E-state index in [-0.39, 0.29) is 5.78 Å². The molecule has 0 radical (unpaired) electrons. The van der Waals surface area contributed by atoms with Crippen LogP contribution in [0, 0.1) is 0 Å². The van der Waals surface area contributed by atoms with Crippen LogP contribution in [0.5, 0.6) is 0 Å². The third kappa shape index (κ3) is 3.22. The second-order valence-electron chi connectivity index (χ2n) is 8.35. The summed E-state index contributed by atoms with van der Waals surface area (Å²) in [5, 5.41) is 0. The van der Waals surface area contributed by atoms with Crippen molar-refractivity contribution in [3.8, 4) is 0 Å². The first-order valence-corrected chi connectivity index (χ1v) is 9.89. The van der Waals surface area contributed by atoms with E-state index in [4.69, 9.17) is 0 Å². The monoisotopic (exact) mass is 426 g/mol. The molecule has 2 aliphatic carbocycles. The molecule has 0 aromatic heterocycles. The predicted molar refractivity (Wildman–Crippen MR) is 99.0 cm³/mol. The Hall–Kier alpha value is -2.31. The van der Waals surface area contributed by atoms with Crippen molar-refractivity contribution in [1.29, 1.82) is 0 Å². The molecule has 2 saturated carbocycles. The molecule has 0 bridgehead atoms. The van der Waals surface area contributed by atoms with E-state index in [1.54, 1.807) is 0 Å². The Morgan fingerprint density at radius 3 is 1.10 bits per heavy atom. The number of carbonyl (C=O) groups excluding carboxylic acids is 1.